The molecule has 1 N–H and O–H groups in total. The summed E-state index contributed by atoms with van der Waals surface area (Å²) >= 11 is 0. The minimum atomic E-state index is -3.06. The number of nitrogens with one attached hydrogen (secondary N) is 1. The molecule has 1 aromatic heterocycles. The van der Waals surface area contributed by atoms with E-state index in [1.807, 2.05) is 13.8 Å². The molecule has 0 aliphatic carbocycles. The molecule has 0 saturated carbocycles. The van der Waals surface area contributed by atoms with E-state index in [1.165, 1.54) is 6.92 Å². The minimum Gasteiger partial charge on any atom is -0.354 e. The molecule has 0 saturated heterocycles. The van der Waals surface area contributed by atoms with Gasteiger partial charge in [-0.25, -0.2) is 8.78 Å². The second-order valence-electron chi connectivity index (χ2n) is 4.73. The number of alkyl halides is 2. The van der Waals surface area contributed by atoms with Crippen LogP contribution in [0.15, 0.2) is 0 Å². The van der Waals surface area contributed by atoms with Crippen LogP contribution in [0.2, 0.25) is 0 Å². The van der Waals surface area contributed by atoms with Crippen molar-refractivity contribution in [3.63, 3.8) is 0 Å². The Morgan fingerprint density at radius 1 is 1.50 bits per heavy atom. The molecule has 1 amide bonds. The standard InChI is InChI=1S/C11H16F2N4O3/c1-6(2)4-14-8(18)5-16-7(3)10(17(19)20)9(15-16)11(12)13/h6,11H,4-5H2,1-3H3,(H,14,18). The summed E-state index contributed by atoms with van der Waals surface area (Å²) in [6, 6.07) is 0. The van der Waals surface area contributed by atoms with Gasteiger partial charge >= 0.3 is 5.69 Å². The molecule has 0 bridgehead atoms. The van der Waals surface area contributed by atoms with Gasteiger partial charge < -0.3 is 5.32 Å². The molecule has 0 unspecified atom stereocenters. The molecule has 0 aromatic carbocycles. The van der Waals surface area contributed by atoms with E-state index in [4.69, 9.17) is 0 Å². The predicted octanol–water partition coefficient (Wildman–Crippen LogP) is 1.81. The zero-order chi connectivity index (χ0) is 15.4. The third-order valence-corrected chi connectivity index (χ3v) is 2.59. The summed E-state index contributed by atoms with van der Waals surface area (Å²) in [6.07, 6.45) is -3.06. The first-order valence-corrected chi connectivity index (χ1v) is 6.00. The number of aromatic nitrogens is 2. The van der Waals surface area contributed by atoms with E-state index in [0.717, 1.165) is 4.68 Å². The van der Waals surface area contributed by atoms with Crippen molar-refractivity contribution in [2.75, 3.05) is 6.54 Å². The SMILES string of the molecule is Cc1c([N+](=O)[O-])c(C(F)F)nn1CC(=O)NCC(C)C. The summed E-state index contributed by atoms with van der Waals surface area (Å²) in [5.41, 5.74) is -1.72. The van der Waals surface area contributed by atoms with Crippen molar-refractivity contribution in [3.05, 3.63) is 21.5 Å². The lowest BCUT2D eigenvalue weighted by Crippen LogP contribution is -2.31. The molecular formula is C11H16F2N4O3. The van der Waals surface area contributed by atoms with Gasteiger partial charge in [0, 0.05) is 6.54 Å². The Hall–Kier alpha value is -2.06. The predicted molar refractivity (Wildman–Crippen MR) is 66.4 cm³/mol. The van der Waals surface area contributed by atoms with Crippen LogP contribution in [0.5, 0.6) is 0 Å². The highest BCUT2D eigenvalue weighted by molar-refractivity contribution is 5.75. The van der Waals surface area contributed by atoms with Crippen LogP contribution in [0.1, 0.15) is 31.7 Å². The smallest absolute Gasteiger partial charge is 0.319 e. The Kier molecular flexibility index (Phi) is 5.12. The summed E-state index contributed by atoms with van der Waals surface area (Å²) in [4.78, 5) is 21.5. The number of carbonyl (C=O) groups is 1. The molecular weight excluding hydrogens is 274 g/mol. The van der Waals surface area contributed by atoms with Crippen LogP contribution < -0.4 is 5.32 Å². The Morgan fingerprint density at radius 3 is 2.50 bits per heavy atom. The van der Waals surface area contributed by atoms with Gasteiger partial charge in [0.05, 0.1) is 4.92 Å². The van der Waals surface area contributed by atoms with E-state index >= 15 is 0 Å². The maximum absolute atomic E-state index is 12.7. The van der Waals surface area contributed by atoms with Gasteiger partial charge in [0.25, 0.3) is 6.43 Å². The quantitative estimate of drug-likeness (QED) is 0.639. The Morgan fingerprint density at radius 2 is 2.10 bits per heavy atom. The summed E-state index contributed by atoms with van der Waals surface area (Å²) in [7, 11) is 0. The first-order valence-electron chi connectivity index (χ1n) is 6.00. The van der Waals surface area contributed by atoms with E-state index in [9.17, 15) is 23.7 Å². The van der Waals surface area contributed by atoms with Crippen molar-refractivity contribution >= 4 is 11.6 Å². The molecule has 7 nitrogen and oxygen atoms in total. The highest BCUT2D eigenvalue weighted by atomic mass is 19.3. The summed E-state index contributed by atoms with van der Waals surface area (Å²) in [6.45, 7) is 5.19. The topological polar surface area (TPSA) is 90.1 Å². The lowest BCUT2D eigenvalue weighted by atomic mass is 10.2. The van der Waals surface area contributed by atoms with Crippen LogP contribution in [-0.4, -0.2) is 27.2 Å². The average molecular weight is 290 g/mol. The van der Waals surface area contributed by atoms with Crippen LogP contribution in [0.3, 0.4) is 0 Å². The zero-order valence-corrected chi connectivity index (χ0v) is 11.4. The highest BCUT2D eigenvalue weighted by Crippen LogP contribution is 2.30. The number of rotatable bonds is 6. The Bertz CT molecular complexity index is 514. The first-order chi connectivity index (χ1) is 9.23. The van der Waals surface area contributed by atoms with E-state index in [2.05, 4.69) is 10.4 Å². The lowest BCUT2D eigenvalue weighted by Gasteiger charge is -2.08. The van der Waals surface area contributed by atoms with E-state index in [-0.39, 0.29) is 18.2 Å². The van der Waals surface area contributed by atoms with Crippen LogP contribution in [0.25, 0.3) is 0 Å². The third kappa shape index (κ3) is 3.72. The maximum atomic E-state index is 12.7. The molecule has 0 aliphatic rings. The molecule has 0 fully saturated rings. The summed E-state index contributed by atoms with van der Waals surface area (Å²) < 4.78 is 26.3. The van der Waals surface area contributed by atoms with Crippen molar-refractivity contribution in [1.29, 1.82) is 0 Å². The zero-order valence-electron chi connectivity index (χ0n) is 11.4. The van der Waals surface area contributed by atoms with Gasteiger partial charge in [-0.1, -0.05) is 13.8 Å². The van der Waals surface area contributed by atoms with Crippen molar-refractivity contribution in [2.24, 2.45) is 5.92 Å². The molecule has 9 heteroatoms. The second-order valence-corrected chi connectivity index (χ2v) is 4.73. The third-order valence-electron chi connectivity index (χ3n) is 2.59. The van der Waals surface area contributed by atoms with Crippen LogP contribution in [0, 0.1) is 23.0 Å². The number of nitrogens with zero attached hydrogens (tertiary/aromatic N) is 3. The van der Waals surface area contributed by atoms with Crippen molar-refractivity contribution in [3.8, 4) is 0 Å². The second kappa shape index (κ2) is 6.40. The number of hydrogen-bond donors (Lipinski definition) is 1. The van der Waals surface area contributed by atoms with Crippen LogP contribution in [-0.2, 0) is 11.3 Å². The fourth-order valence-electron chi connectivity index (χ4n) is 1.60. The molecule has 0 atom stereocenters. The Balaban J connectivity index is 2.94. The van der Waals surface area contributed by atoms with Crippen LogP contribution >= 0.6 is 0 Å². The monoisotopic (exact) mass is 290 g/mol. The largest absolute Gasteiger partial charge is 0.354 e. The first kappa shape index (κ1) is 16.0. The molecule has 1 aromatic rings. The van der Waals surface area contributed by atoms with Gasteiger partial charge in [-0.05, 0) is 12.8 Å². The van der Waals surface area contributed by atoms with Gasteiger partial charge in [-0.15, -0.1) is 0 Å². The van der Waals surface area contributed by atoms with Crippen LogP contribution in [0.4, 0.5) is 14.5 Å². The van der Waals surface area contributed by atoms with Gasteiger partial charge in [-0.2, -0.15) is 5.10 Å². The van der Waals surface area contributed by atoms with Gasteiger partial charge in [0.15, 0.2) is 0 Å². The van der Waals surface area contributed by atoms with Crippen molar-refractivity contribution in [1.82, 2.24) is 15.1 Å². The van der Waals surface area contributed by atoms with Crippen molar-refractivity contribution in [2.45, 2.75) is 33.7 Å². The molecule has 20 heavy (non-hydrogen) atoms. The average Bonchev–Trinajstić information content (AvgIpc) is 2.64. The highest BCUT2D eigenvalue weighted by Gasteiger charge is 2.31. The fourth-order valence-corrected chi connectivity index (χ4v) is 1.60. The minimum absolute atomic E-state index is 0.0648. The maximum Gasteiger partial charge on any atom is 0.319 e. The van der Waals surface area contributed by atoms with Gasteiger partial charge in [0.2, 0.25) is 11.6 Å². The fraction of sp³-hybridized carbons (Fsp3) is 0.636. The van der Waals surface area contributed by atoms with Crippen molar-refractivity contribution < 1.29 is 18.5 Å². The van der Waals surface area contributed by atoms with E-state index in [1.54, 1.807) is 0 Å². The van der Waals surface area contributed by atoms with E-state index in [0.29, 0.717) is 6.54 Å². The number of halogens is 2. The van der Waals surface area contributed by atoms with Gasteiger partial charge in [0.1, 0.15) is 12.2 Å². The molecule has 0 spiro atoms. The normalized spacial score (nSPS) is 11.2. The molecule has 0 radical (unpaired) electrons. The van der Waals surface area contributed by atoms with E-state index < -0.39 is 28.6 Å². The number of carbonyl (C=O) groups excluding carboxylic acids is 1. The number of hydrogen-bond acceptors (Lipinski definition) is 4. The molecule has 112 valence electrons. The molecule has 1 rings (SSSR count). The number of amides is 1. The molecule has 0 aliphatic heterocycles. The summed E-state index contributed by atoms with van der Waals surface area (Å²) in [5, 5.41) is 16.8. The molecule has 1 heterocycles. The number of nitro groups is 1. The lowest BCUT2D eigenvalue weighted by molar-refractivity contribution is -0.386. The van der Waals surface area contributed by atoms with Gasteiger partial charge in [-0.3, -0.25) is 19.6 Å². The Labute approximate surface area is 114 Å². The summed E-state index contributed by atoms with van der Waals surface area (Å²) in [5.74, 6) is -0.191.